The standard InChI is InChI=1S/C18H13N3S/c1-14-5-8-16(9-6-14)17(10-7-15(12-19)13-20)22-18-4-2-3-11-21-18/h2-11H,1H3/b17-10-. The highest BCUT2D eigenvalue weighted by Crippen LogP contribution is 2.33. The Morgan fingerprint density at radius 2 is 1.77 bits per heavy atom. The molecule has 0 aliphatic rings. The van der Waals surface area contributed by atoms with Crippen molar-refractivity contribution < 1.29 is 0 Å². The summed E-state index contributed by atoms with van der Waals surface area (Å²) in [6, 6.07) is 17.5. The van der Waals surface area contributed by atoms with Gasteiger partial charge in [0, 0.05) is 11.1 Å². The molecule has 0 saturated heterocycles. The van der Waals surface area contributed by atoms with Crippen LogP contribution in [-0.2, 0) is 0 Å². The second-order valence-electron chi connectivity index (χ2n) is 4.47. The van der Waals surface area contributed by atoms with E-state index in [9.17, 15) is 0 Å². The van der Waals surface area contributed by atoms with Crippen molar-refractivity contribution in [2.45, 2.75) is 11.9 Å². The van der Waals surface area contributed by atoms with Crippen molar-refractivity contribution in [1.29, 1.82) is 10.5 Å². The van der Waals surface area contributed by atoms with Gasteiger partial charge >= 0.3 is 0 Å². The average molecular weight is 303 g/mol. The summed E-state index contributed by atoms with van der Waals surface area (Å²) in [5.41, 5.74) is 2.27. The molecule has 106 valence electrons. The zero-order valence-corrected chi connectivity index (χ0v) is 12.8. The maximum atomic E-state index is 8.85. The van der Waals surface area contributed by atoms with Crippen LogP contribution in [0.25, 0.3) is 4.91 Å². The van der Waals surface area contributed by atoms with E-state index in [4.69, 9.17) is 10.5 Å². The molecule has 1 aromatic carbocycles. The average Bonchev–Trinajstić information content (AvgIpc) is 2.56. The number of hydrogen-bond acceptors (Lipinski definition) is 4. The smallest absolute Gasteiger partial charge is 0.129 e. The number of rotatable bonds is 4. The van der Waals surface area contributed by atoms with Crippen LogP contribution in [0.3, 0.4) is 0 Å². The van der Waals surface area contributed by atoms with E-state index < -0.39 is 0 Å². The van der Waals surface area contributed by atoms with Gasteiger partial charge in [-0.3, -0.25) is 0 Å². The molecule has 0 unspecified atom stereocenters. The maximum Gasteiger partial charge on any atom is 0.129 e. The Bertz CT molecular complexity index is 760. The number of aryl methyl sites for hydroxylation is 1. The number of allylic oxidation sites excluding steroid dienone is 3. The van der Waals surface area contributed by atoms with E-state index in [-0.39, 0.29) is 5.57 Å². The fourth-order valence-electron chi connectivity index (χ4n) is 1.69. The van der Waals surface area contributed by atoms with Gasteiger partial charge in [0.05, 0.1) is 0 Å². The monoisotopic (exact) mass is 303 g/mol. The molecule has 0 N–H and O–H groups in total. The normalized spacial score (nSPS) is 10.4. The Kier molecular flexibility index (Phi) is 5.54. The summed E-state index contributed by atoms with van der Waals surface area (Å²) < 4.78 is 0. The first-order chi connectivity index (χ1) is 10.7. The largest absolute Gasteiger partial charge is 0.250 e. The van der Waals surface area contributed by atoms with E-state index in [0.29, 0.717) is 0 Å². The molecule has 0 bridgehead atoms. The molecule has 0 spiro atoms. The molecule has 0 atom stereocenters. The molecule has 0 radical (unpaired) electrons. The zero-order chi connectivity index (χ0) is 15.8. The number of nitriles is 2. The van der Waals surface area contributed by atoms with Crippen LogP contribution in [0.15, 0.2) is 71.4 Å². The Morgan fingerprint density at radius 1 is 1.05 bits per heavy atom. The summed E-state index contributed by atoms with van der Waals surface area (Å²) in [6.45, 7) is 2.03. The number of nitrogens with zero attached hydrogens (tertiary/aromatic N) is 3. The van der Waals surface area contributed by atoms with Crippen LogP contribution in [0.1, 0.15) is 11.1 Å². The van der Waals surface area contributed by atoms with Crippen LogP contribution in [0.2, 0.25) is 0 Å². The van der Waals surface area contributed by atoms with E-state index >= 15 is 0 Å². The molecule has 1 heterocycles. The topological polar surface area (TPSA) is 60.5 Å². The lowest BCUT2D eigenvalue weighted by Gasteiger charge is -2.07. The molecule has 2 rings (SSSR count). The van der Waals surface area contributed by atoms with E-state index in [1.165, 1.54) is 23.4 Å². The van der Waals surface area contributed by atoms with Gasteiger partial charge in [0.15, 0.2) is 0 Å². The van der Waals surface area contributed by atoms with Gasteiger partial charge in [-0.05, 0) is 36.8 Å². The van der Waals surface area contributed by atoms with Crippen molar-refractivity contribution in [3.05, 3.63) is 77.5 Å². The summed E-state index contributed by atoms with van der Waals surface area (Å²) in [4.78, 5) is 5.23. The van der Waals surface area contributed by atoms with Crippen LogP contribution in [0.4, 0.5) is 0 Å². The van der Waals surface area contributed by atoms with Gasteiger partial charge in [-0.25, -0.2) is 4.98 Å². The van der Waals surface area contributed by atoms with Crippen LogP contribution in [0.5, 0.6) is 0 Å². The zero-order valence-electron chi connectivity index (χ0n) is 12.0. The second-order valence-corrected chi connectivity index (χ2v) is 5.53. The summed E-state index contributed by atoms with van der Waals surface area (Å²) >= 11 is 1.50. The van der Waals surface area contributed by atoms with Gasteiger partial charge in [0.25, 0.3) is 0 Å². The van der Waals surface area contributed by atoms with E-state index in [1.807, 2.05) is 61.5 Å². The first-order valence-corrected chi connectivity index (χ1v) is 7.42. The van der Waals surface area contributed by atoms with Gasteiger partial charge in [-0.1, -0.05) is 47.7 Å². The molecule has 0 fully saturated rings. The van der Waals surface area contributed by atoms with Gasteiger partial charge in [0.2, 0.25) is 0 Å². The van der Waals surface area contributed by atoms with Crippen molar-refractivity contribution >= 4 is 16.7 Å². The third kappa shape index (κ3) is 4.34. The minimum Gasteiger partial charge on any atom is -0.250 e. The molecular formula is C18H13N3S. The van der Waals surface area contributed by atoms with Gasteiger partial charge in [-0.2, -0.15) is 10.5 Å². The minimum atomic E-state index is 0.0752. The Labute approximate surface area is 134 Å². The summed E-state index contributed by atoms with van der Waals surface area (Å²) in [6.07, 6.45) is 5.05. The fraction of sp³-hybridized carbons (Fsp3) is 0.0556. The quantitative estimate of drug-likeness (QED) is 0.474. The molecule has 3 nitrogen and oxygen atoms in total. The highest BCUT2D eigenvalue weighted by atomic mass is 32.2. The van der Waals surface area contributed by atoms with Crippen LogP contribution in [-0.4, -0.2) is 4.98 Å². The predicted molar refractivity (Wildman–Crippen MR) is 88.6 cm³/mol. The first-order valence-electron chi connectivity index (χ1n) is 6.61. The van der Waals surface area contributed by atoms with Gasteiger partial charge < -0.3 is 0 Å². The van der Waals surface area contributed by atoms with Crippen molar-refractivity contribution in [3.8, 4) is 12.1 Å². The van der Waals surface area contributed by atoms with Crippen molar-refractivity contribution in [2.75, 3.05) is 0 Å². The molecule has 2 aromatic rings. The predicted octanol–water partition coefficient (Wildman–Crippen LogP) is 4.50. The molecule has 0 aliphatic carbocycles. The van der Waals surface area contributed by atoms with Gasteiger partial charge in [0.1, 0.15) is 22.7 Å². The Hall–Kier alpha value is -2.82. The van der Waals surface area contributed by atoms with E-state index in [2.05, 4.69) is 4.98 Å². The number of hydrogen-bond donors (Lipinski definition) is 0. The summed E-state index contributed by atoms with van der Waals surface area (Å²) in [7, 11) is 0. The highest BCUT2D eigenvalue weighted by Gasteiger charge is 2.05. The summed E-state index contributed by atoms with van der Waals surface area (Å²) in [5.74, 6) is 0. The van der Waals surface area contributed by atoms with Crippen LogP contribution < -0.4 is 0 Å². The highest BCUT2D eigenvalue weighted by molar-refractivity contribution is 8.08. The molecular weight excluding hydrogens is 290 g/mol. The van der Waals surface area contributed by atoms with Crippen molar-refractivity contribution in [2.24, 2.45) is 0 Å². The van der Waals surface area contributed by atoms with E-state index in [0.717, 1.165) is 15.5 Å². The number of aromatic nitrogens is 1. The maximum absolute atomic E-state index is 8.85. The fourth-order valence-corrected chi connectivity index (χ4v) is 2.56. The first kappa shape index (κ1) is 15.6. The number of benzene rings is 1. The molecule has 0 aliphatic heterocycles. The lowest BCUT2D eigenvalue weighted by molar-refractivity contribution is 1.14. The molecule has 1 aromatic heterocycles. The van der Waals surface area contributed by atoms with Crippen LogP contribution in [0, 0.1) is 29.6 Å². The van der Waals surface area contributed by atoms with Crippen molar-refractivity contribution in [1.82, 2.24) is 4.98 Å². The molecule has 4 heteroatoms. The molecule has 22 heavy (non-hydrogen) atoms. The third-order valence-electron chi connectivity index (χ3n) is 2.83. The van der Waals surface area contributed by atoms with Crippen LogP contribution >= 0.6 is 11.8 Å². The van der Waals surface area contributed by atoms with E-state index in [1.54, 1.807) is 12.3 Å². The van der Waals surface area contributed by atoms with Gasteiger partial charge in [-0.15, -0.1) is 0 Å². The second kappa shape index (κ2) is 7.83. The lowest BCUT2D eigenvalue weighted by Crippen LogP contribution is -1.84. The SMILES string of the molecule is Cc1ccc(/C(=C/C=C(C#N)C#N)Sc2ccccn2)cc1. The third-order valence-corrected chi connectivity index (χ3v) is 3.87. The van der Waals surface area contributed by atoms with Crippen molar-refractivity contribution in [3.63, 3.8) is 0 Å². The Morgan fingerprint density at radius 3 is 2.36 bits per heavy atom. The molecule has 0 saturated carbocycles. The Balaban J connectivity index is 2.39. The number of thioether (sulfide) groups is 1. The minimum absolute atomic E-state index is 0.0752. The molecule has 0 amide bonds. The number of pyridine rings is 1. The summed E-state index contributed by atoms with van der Waals surface area (Å²) in [5, 5.41) is 18.6. The lowest BCUT2D eigenvalue weighted by atomic mass is 10.1.